The zero-order valence-electron chi connectivity index (χ0n) is 6.72. The molecule has 2 N–H and O–H groups in total. The van der Waals surface area contributed by atoms with E-state index in [-0.39, 0.29) is 11.6 Å². The summed E-state index contributed by atoms with van der Waals surface area (Å²) in [5.74, 6) is -0.329. The van der Waals surface area contributed by atoms with Crippen LogP contribution in [-0.2, 0) is 6.18 Å². The lowest BCUT2D eigenvalue weighted by Crippen LogP contribution is -2.08. The fourth-order valence-electron chi connectivity index (χ4n) is 0.834. The Morgan fingerprint density at radius 2 is 2.08 bits per heavy atom. The van der Waals surface area contributed by atoms with Crippen LogP contribution >= 0.6 is 0 Å². The fraction of sp³-hybridized carbons (Fsp3) is 0.286. The van der Waals surface area contributed by atoms with Crippen LogP contribution in [-0.4, -0.2) is 12.1 Å². The number of hydrogen-bond donors (Lipinski definition) is 1. The number of anilines is 1. The van der Waals surface area contributed by atoms with E-state index in [9.17, 15) is 13.2 Å². The Labute approximate surface area is 72.3 Å². The molecule has 0 spiro atoms. The lowest BCUT2D eigenvalue weighted by Gasteiger charge is -2.10. The molecule has 13 heavy (non-hydrogen) atoms. The minimum atomic E-state index is -4.47. The van der Waals surface area contributed by atoms with Crippen LogP contribution in [0.15, 0.2) is 12.3 Å². The first-order valence-corrected chi connectivity index (χ1v) is 3.32. The average molecular weight is 192 g/mol. The van der Waals surface area contributed by atoms with Crippen molar-refractivity contribution in [2.75, 3.05) is 12.8 Å². The van der Waals surface area contributed by atoms with Gasteiger partial charge in [-0.25, -0.2) is 4.98 Å². The topological polar surface area (TPSA) is 48.1 Å². The number of rotatable bonds is 1. The minimum absolute atomic E-state index is 0.00940. The highest BCUT2D eigenvalue weighted by atomic mass is 19.4. The van der Waals surface area contributed by atoms with Crippen molar-refractivity contribution in [3.05, 3.63) is 17.8 Å². The van der Waals surface area contributed by atoms with Gasteiger partial charge in [-0.05, 0) is 0 Å². The molecule has 1 rings (SSSR count). The number of nitrogen functional groups attached to an aromatic ring is 1. The minimum Gasteiger partial charge on any atom is -0.496 e. The van der Waals surface area contributed by atoms with Crippen LogP contribution in [0.25, 0.3) is 0 Å². The SMILES string of the molecule is COc1cc(N)ncc1C(F)(F)F. The van der Waals surface area contributed by atoms with E-state index in [2.05, 4.69) is 9.72 Å². The highest BCUT2D eigenvalue weighted by Gasteiger charge is 2.34. The molecule has 1 heterocycles. The van der Waals surface area contributed by atoms with Crippen molar-refractivity contribution in [1.29, 1.82) is 0 Å². The third-order valence-corrected chi connectivity index (χ3v) is 1.41. The molecule has 0 radical (unpaired) electrons. The molecule has 0 bridgehead atoms. The van der Waals surface area contributed by atoms with Gasteiger partial charge in [0.15, 0.2) is 0 Å². The summed E-state index contributed by atoms with van der Waals surface area (Å²) in [6.45, 7) is 0. The molecule has 72 valence electrons. The first kappa shape index (κ1) is 9.63. The zero-order valence-corrected chi connectivity index (χ0v) is 6.72. The van der Waals surface area contributed by atoms with Gasteiger partial charge in [-0.15, -0.1) is 0 Å². The zero-order chi connectivity index (χ0) is 10.1. The molecule has 1 aromatic heterocycles. The molecule has 0 saturated carbocycles. The van der Waals surface area contributed by atoms with Crippen molar-refractivity contribution in [1.82, 2.24) is 4.98 Å². The summed E-state index contributed by atoms with van der Waals surface area (Å²) >= 11 is 0. The molecule has 0 fully saturated rings. The molecule has 0 amide bonds. The second kappa shape index (κ2) is 3.12. The van der Waals surface area contributed by atoms with Crippen molar-refractivity contribution in [3.8, 4) is 5.75 Å². The maximum atomic E-state index is 12.2. The van der Waals surface area contributed by atoms with Crippen molar-refractivity contribution >= 4 is 5.82 Å². The lowest BCUT2D eigenvalue weighted by atomic mass is 10.2. The summed E-state index contributed by atoms with van der Waals surface area (Å²) in [7, 11) is 1.14. The van der Waals surface area contributed by atoms with Crippen molar-refractivity contribution in [3.63, 3.8) is 0 Å². The van der Waals surface area contributed by atoms with Gasteiger partial charge in [0, 0.05) is 12.3 Å². The van der Waals surface area contributed by atoms with E-state index < -0.39 is 11.7 Å². The van der Waals surface area contributed by atoms with Gasteiger partial charge in [-0.2, -0.15) is 13.2 Å². The number of nitrogens with zero attached hydrogens (tertiary/aromatic N) is 1. The van der Waals surface area contributed by atoms with E-state index in [0.717, 1.165) is 13.2 Å². The van der Waals surface area contributed by atoms with Gasteiger partial charge in [0.2, 0.25) is 0 Å². The lowest BCUT2D eigenvalue weighted by molar-refractivity contribution is -0.139. The van der Waals surface area contributed by atoms with Gasteiger partial charge in [-0.3, -0.25) is 0 Å². The average Bonchev–Trinajstić information content (AvgIpc) is 2.01. The number of nitrogens with two attached hydrogens (primary N) is 1. The maximum Gasteiger partial charge on any atom is 0.421 e. The Morgan fingerprint density at radius 3 is 2.54 bits per heavy atom. The van der Waals surface area contributed by atoms with Crippen LogP contribution in [0.5, 0.6) is 5.75 Å². The molecule has 6 heteroatoms. The molecule has 0 unspecified atom stereocenters. The first-order chi connectivity index (χ1) is 5.95. The number of methoxy groups -OCH3 is 1. The standard InChI is InChI=1S/C7H7F3N2O/c1-13-5-2-6(11)12-3-4(5)7(8,9)10/h2-3H,1H3,(H2,11,12). The number of ether oxygens (including phenoxy) is 1. The van der Waals surface area contributed by atoms with Gasteiger partial charge >= 0.3 is 6.18 Å². The predicted molar refractivity (Wildman–Crippen MR) is 40.2 cm³/mol. The van der Waals surface area contributed by atoms with Crippen molar-refractivity contribution in [2.24, 2.45) is 0 Å². The van der Waals surface area contributed by atoms with E-state index in [1.807, 2.05) is 0 Å². The summed E-state index contributed by atoms with van der Waals surface area (Å²) < 4.78 is 41.1. The van der Waals surface area contributed by atoms with Crippen molar-refractivity contribution in [2.45, 2.75) is 6.18 Å². The second-order valence-electron chi connectivity index (χ2n) is 2.31. The molecule has 0 aromatic carbocycles. The van der Waals surface area contributed by atoms with Crippen LogP contribution < -0.4 is 10.5 Å². The van der Waals surface area contributed by atoms with E-state index in [1.54, 1.807) is 0 Å². The molecule has 0 aliphatic rings. The molecular weight excluding hydrogens is 185 g/mol. The molecule has 1 aromatic rings. The quantitative estimate of drug-likeness (QED) is 0.736. The van der Waals surface area contributed by atoms with E-state index in [4.69, 9.17) is 5.73 Å². The van der Waals surface area contributed by atoms with Crippen molar-refractivity contribution < 1.29 is 17.9 Å². The third-order valence-electron chi connectivity index (χ3n) is 1.41. The van der Waals surface area contributed by atoms with Gasteiger partial charge in [0.25, 0.3) is 0 Å². The van der Waals surface area contributed by atoms with Crippen LogP contribution in [0, 0.1) is 0 Å². The number of halogens is 3. The number of alkyl halides is 3. The highest BCUT2D eigenvalue weighted by Crippen LogP contribution is 2.35. The number of pyridine rings is 1. The Balaban J connectivity index is 3.22. The normalized spacial score (nSPS) is 11.4. The Hall–Kier alpha value is -1.46. The number of hydrogen-bond acceptors (Lipinski definition) is 3. The Kier molecular flexibility index (Phi) is 2.31. The summed E-state index contributed by atoms with van der Waals surface area (Å²) in [5.41, 5.74) is 4.26. The molecule has 0 saturated heterocycles. The first-order valence-electron chi connectivity index (χ1n) is 3.32. The molecule has 0 aliphatic carbocycles. The van der Waals surface area contributed by atoms with Gasteiger partial charge in [0.05, 0.1) is 7.11 Å². The molecule has 3 nitrogen and oxygen atoms in total. The summed E-state index contributed by atoms with van der Waals surface area (Å²) in [4.78, 5) is 3.33. The molecule has 0 aliphatic heterocycles. The monoisotopic (exact) mass is 192 g/mol. The molecular formula is C7H7F3N2O. The summed E-state index contributed by atoms with van der Waals surface area (Å²) in [5, 5.41) is 0. The fourth-order valence-corrected chi connectivity index (χ4v) is 0.834. The predicted octanol–water partition coefficient (Wildman–Crippen LogP) is 1.69. The second-order valence-corrected chi connectivity index (χ2v) is 2.31. The maximum absolute atomic E-state index is 12.2. The van der Waals surface area contributed by atoms with Gasteiger partial charge in [-0.1, -0.05) is 0 Å². The smallest absolute Gasteiger partial charge is 0.421 e. The van der Waals surface area contributed by atoms with Crippen LogP contribution in [0.2, 0.25) is 0 Å². The van der Waals surface area contributed by atoms with E-state index in [0.29, 0.717) is 6.20 Å². The van der Waals surface area contributed by atoms with E-state index in [1.165, 1.54) is 0 Å². The van der Waals surface area contributed by atoms with Crippen LogP contribution in [0.3, 0.4) is 0 Å². The van der Waals surface area contributed by atoms with Gasteiger partial charge < -0.3 is 10.5 Å². The molecule has 0 atom stereocenters. The largest absolute Gasteiger partial charge is 0.496 e. The van der Waals surface area contributed by atoms with E-state index >= 15 is 0 Å². The highest BCUT2D eigenvalue weighted by molar-refractivity contribution is 5.43. The summed E-state index contributed by atoms with van der Waals surface area (Å²) in [6.07, 6.45) is -3.82. The summed E-state index contributed by atoms with van der Waals surface area (Å²) in [6, 6.07) is 1.03. The third kappa shape index (κ3) is 2.01. The van der Waals surface area contributed by atoms with Crippen LogP contribution in [0.4, 0.5) is 19.0 Å². The Morgan fingerprint density at radius 1 is 1.46 bits per heavy atom. The van der Waals surface area contributed by atoms with Crippen LogP contribution in [0.1, 0.15) is 5.56 Å². The van der Waals surface area contributed by atoms with Gasteiger partial charge in [0.1, 0.15) is 17.1 Å². The number of aromatic nitrogens is 1. The Bertz CT molecular complexity index is 311.